The van der Waals surface area contributed by atoms with Gasteiger partial charge >= 0.3 is 5.97 Å². The molecule has 1 heterocycles. The number of aromatic nitrogens is 2. The van der Waals surface area contributed by atoms with Gasteiger partial charge in [0.05, 0.1) is 10.5 Å². The lowest BCUT2D eigenvalue weighted by Gasteiger charge is -2.08. The molecule has 0 aliphatic heterocycles. The van der Waals surface area contributed by atoms with Crippen molar-refractivity contribution < 1.29 is 27.2 Å². The highest BCUT2D eigenvalue weighted by atomic mass is 32.2. The van der Waals surface area contributed by atoms with Gasteiger partial charge in [-0.15, -0.1) is 0 Å². The van der Waals surface area contributed by atoms with E-state index in [1.807, 2.05) is 0 Å². The number of rotatable bonds is 4. The van der Waals surface area contributed by atoms with Crippen molar-refractivity contribution in [3.05, 3.63) is 40.8 Å². The van der Waals surface area contributed by atoms with Crippen molar-refractivity contribution in [3.8, 4) is 0 Å². The third kappa shape index (κ3) is 3.07. The number of hydrogen-bond acceptors (Lipinski definition) is 6. The number of nitrogens with zero attached hydrogens (tertiary/aromatic N) is 2. The Morgan fingerprint density at radius 3 is 2.57 bits per heavy atom. The van der Waals surface area contributed by atoms with Gasteiger partial charge in [-0.3, -0.25) is 0 Å². The Labute approximate surface area is 119 Å². The van der Waals surface area contributed by atoms with E-state index in [-0.39, 0.29) is 17.3 Å². The van der Waals surface area contributed by atoms with Crippen LogP contribution < -0.4 is 0 Å². The van der Waals surface area contributed by atoms with Crippen molar-refractivity contribution in [2.45, 2.75) is 24.5 Å². The second-order valence-corrected chi connectivity index (χ2v) is 6.34. The zero-order valence-corrected chi connectivity index (χ0v) is 11.9. The Balaban J connectivity index is 2.51. The van der Waals surface area contributed by atoms with E-state index in [0.717, 1.165) is 12.1 Å². The predicted octanol–water partition coefficient (Wildman–Crippen LogP) is 1.50. The SMILES string of the molecule is Cc1noc(CS(=O)(=O)c2cc(C(=O)O)cc(F)c2C)n1. The van der Waals surface area contributed by atoms with Crippen molar-refractivity contribution in [2.24, 2.45) is 0 Å². The van der Waals surface area contributed by atoms with Gasteiger partial charge in [0, 0.05) is 5.56 Å². The first-order chi connectivity index (χ1) is 9.70. The molecule has 0 unspecified atom stereocenters. The molecule has 9 heteroatoms. The van der Waals surface area contributed by atoms with Crippen LogP contribution in [0.2, 0.25) is 0 Å². The van der Waals surface area contributed by atoms with Gasteiger partial charge in [-0.25, -0.2) is 17.6 Å². The lowest BCUT2D eigenvalue weighted by atomic mass is 10.1. The molecule has 0 aliphatic rings. The van der Waals surface area contributed by atoms with E-state index in [1.54, 1.807) is 0 Å². The average molecular weight is 314 g/mol. The molecule has 112 valence electrons. The quantitative estimate of drug-likeness (QED) is 0.910. The van der Waals surface area contributed by atoms with Crippen molar-refractivity contribution in [3.63, 3.8) is 0 Å². The molecular weight excluding hydrogens is 303 g/mol. The Hall–Kier alpha value is -2.29. The van der Waals surface area contributed by atoms with Crippen LogP contribution in [0.5, 0.6) is 0 Å². The molecule has 1 aromatic carbocycles. The van der Waals surface area contributed by atoms with Gasteiger partial charge in [-0.2, -0.15) is 4.98 Å². The van der Waals surface area contributed by atoms with Crippen LogP contribution in [0.3, 0.4) is 0 Å². The van der Waals surface area contributed by atoms with Crippen molar-refractivity contribution >= 4 is 15.8 Å². The van der Waals surface area contributed by atoms with Gasteiger partial charge < -0.3 is 9.63 Å². The summed E-state index contributed by atoms with van der Waals surface area (Å²) in [6.45, 7) is 2.78. The number of carboxylic acids is 1. The van der Waals surface area contributed by atoms with Crippen LogP contribution in [0.15, 0.2) is 21.6 Å². The summed E-state index contributed by atoms with van der Waals surface area (Å²) in [6.07, 6.45) is 0. The molecule has 0 fully saturated rings. The maximum Gasteiger partial charge on any atom is 0.335 e. The molecule has 0 saturated heterocycles. The zero-order valence-electron chi connectivity index (χ0n) is 11.1. The molecule has 0 atom stereocenters. The number of carboxylic acid groups (broad SMARTS) is 1. The molecule has 0 spiro atoms. The molecule has 1 N–H and O–H groups in total. The van der Waals surface area contributed by atoms with Crippen LogP contribution in [0, 0.1) is 19.7 Å². The van der Waals surface area contributed by atoms with Gasteiger partial charge in [0.2, 0.25) is 5.89 Å². The first-order valence-corrected chi connectivity index (χ1v) is 7.41. The molecule has 0 amide bonds. The summed E-state index contributed by atoms with van der Waals surface area (Å²) in [7, 11) is -4.01. The molecule has 0 saturated carbocycles. The van der Waals surface area contributed by atoms with Crippen LogP contribution in [0.1, 0.15) is 27.6 Å². The van der Waals surface area contributed by atoms with Gasteiger partial charge in [-0.1, -0.05) is 5.16 Å². The monoisotopic (exact) mass is 314 g/mol. The smallest absolute Gasteiger partial charge is 0.335 e. The van der Waals surface area contributed by atoms with Crippen molar-refractivity contribution in [1.82, 2.24) is 10.1 Å². The summed E-state index contributed by atoms with van der Waals surface area (Å²) < 4.78 is 43.0. The van der Waals surface area contributed by atoms with E-state index in [0.29, 0.717) is 0 Å². The lowest BCUT2D eigenvalue weighted by molar-refractivity contribution is 0.0696. The van der Waals surface area contributed by atoms with Crippen molar-refractivity contribution in [2.75, 3.05) is 0 Å². The second kappa shape index (κ2) is 5.24. The normalized spacial score (nSPS) is 11.6. The topological polar surface area (TPSA) is 110 Å². The highest BCUT2D eigenvalue weighted by Crippen LogP contribution is 2.24. The highest BCUT2D eigenvalue weighted by Gasteiger charge is 2.24. The molecule has 0 bridgehead atoms. The number of benzene rings is 1. The van der Waals surface area contributed by atoms with Gasteiger partial charge in [-0.05, 0) is 26.0 Å². The summed E-state index contributed by atoms with van der Waals surface area (Å²) in [6, 6.07) is 1.69. The van der Waals surface area contributed by atoms with E-state index in [1.165, 1.54) is 13.8 Å². The fraction of sp³-hybridized carbons (Fsp3) is 0.250. The fourth-order valence-corrected chi connectivity index (χ4v) is 3.21. The first-order valence-electron chi connectivity index (χ1n) is 5.76. The van der Waals surface area contributed by atoms with Gasteiger partial charge in [0.1, 0.15) is 11.6 Å². The maximum absolute atomic E-state index is 13.7. The third-order valence-electron chi connectivity index (χ3n) is 2.76. The van der Waals surface area contributed by atoms with Gasteiger partial charge in [0.15, 0.2) is 15.7 Å². The molecule has 21 heavy (non-hydrogen) atoms. The van der Waals surface area contributed by atoms with Crippen LogP contribution in [0.25, 0.3) is 0 Å². The number of carbonyl (C=O) groups is 1. The molecular formula is C12H11FN2O5S. The van der Waals surface area contributed by atoms with E-state index in [9.17, 15) is 17.6 Å². The minimum absolute atomic E-state index is 0.145. The third-order valence-corrected chi connectivity index (χ3v) is 4.48. The number of aromatic carboxylic acids is 1. The van der Waals surface area contributed by atoms with Gasteiger partial charge in [0.25, 0.3) is 0 Å². The fourth-order valence-electron chi connectivity index (χ4n) is 1.74. The molecule has 2 rings (SSSR count). The molecule has 1 aromatic heterocycles. The van der Waals surface area contributed by atoms with E-state index >= 15 is 0 Å². The van der Waals surface area contributed by atoms with Crippen molar-refractivity contribution in [1.29, 1.82) is 0 Å². The number of sulfone groups is 1. The minimum atomic E-state index is -4.01. The standard InChI is InChI=1S/C12H11FN2O5S/c1-6-9(13)3-8(12(16)17)4-10(6)21(18,19)5-11-14-7(2)15-20-11/h3-4H,5H2,1-2H3,(H,16,17). The van der Waals surface area contributed by atoms with E-state index in [2.05, 4.69) is 10.1 Å². The summed E-state index contributed by atoms with van der Waals surface area (Å²) >= 11 is 0. The highest BCUT2D eigenvalue weighted by molar-refractivity contribution is 7.90. The summed E-state index contributed by atoms with van der Waals surface area (Å²) in [5.41, 5.74) is -0.602. The maximum atomic E-state index is 13.7. The van der Waals surface area contributed by atoms with Crippen LogP contribution in [0.4, 0.5) is 4.39 Å². The first kappa shape index (κ1) is 15.1. The van der Waals surface area contributed by atoms with Crippen LogP contribution in [-0.4, -0.2) is 29.6 Å². The van der Waals surface area contributed by atoms with E-state index in [4.69, 9.17) is 9.63 Å². The van der Waals surface area contributed by atoms with Crippen LogP contribution >= 0.6 is 0 Å². The summed E-state index contributed by atoms with van der Waals surface area (Å²) in [5, 5.41) is 12.3. The Bertz CT molecular complexity index is 813. The average Bonchev–Trinajstić information content (AvgIpc) is 2.76. The molecule has 0 aliphatic carbocycles. The lowest BCUT2D eigenvalue weighted by Crippen LogP contribution is -2.10. The van der Waals surface area contributed by atoms with E-state index < -0.39 is 37.8 Å². The number of aryl methyl sites for hydroxylation is 1. The molecule has 0 radical (unpaired) electrons. The molecule has 2 aromatic rings. The number of halogens is 1. The minimum Gasteiger partial charge on any atom is -0.478 e. The number of hydrogen-bond donors (Lipinski definition) is 1. The Kier molecular flexibility index (Phi) is 3.77. The Morgan fingerprint density at radius 2 is 2.05 bits per heavy atom. The molecule has 7 nitrogen and oxygen atoms in total. The summed E-state index contributed by atoms with van der Waals surface area (Å²) in [5.74, 6) is -2.83. The summed E-state index contributed by atoms with van der Waals surface area (Å²) in [4.78, 5) is 14.3. The zero-order chi connectivity index (χ0) is 15.8. The predicted molar refractivity (Wildman–Crippen MR) is 68.0 cm³/mol. The van der Waals surface area contributed by atoms with Crippen LogP contribution in [-0.2, 0) is 15.6 Å². The Morgan fingerprint density at radius 1 is 1.38 bits per heavy atom. The largest absolute Gasteiger partial charge is 0.478 e. The second-order valence-electron chi connectivity index (χ2n) is 4.38.